The molecule has 0 fully saturated rings. The van der Waals surface area contributed by atoms with E-state index in [4.69, 9.17) is 34.8 Å². The van der Waals surface area contributed by atoms with Crippen molar-refractivity contribution in [1.29, 1.82) is 0 Å². The Bertz CT molecular complexity index is 1020. The molecule has 0 spiro atoms. The maximum absolute atomic E-state index is 13.6. The lowest BCUT2D eigenvalue weighted by Gasteiger charge is -2.17. The van der Waals surface area contributed by atoms with Crippen LogP contribution >= 0.6 is 34.8 Å². The summed E-state index contributed by atoms with van der Waals surface area (Å²) in [5.74, 6) is -3.86. The van der Waals surface area contributed by atoms with Gasteiger partial charge in [-0.15, -0.1) is 0 Å². The number of carbonyl (C=O) groups is 2. The second kappa shape index (κ2) is 9.46. The van der Waals surface area contributed by atoms with Crippen LogP contribution in [0.2, 0.25) is 10.0 Å². The number of urea groups is 1. The first-order valence-corrected chi connectivity index (χ1v) is 9.84. The van der Waals surface area contributed by atoms with E-state index in [1.807, 2.05) is 5.32 Å². The van der Waals surface area contributed by atoms with Gasteiger partial charge in [0.05, 0.1) is 20.6 Å². The normalized spacial score (nSPS) is 13.5. The Morgan fingerprint density at radius 1 is 1.03 bits per heavy atom. The highest BCUT2D eigenvalue weighted by Gasteiger charge is 2.47. The molecular weight excluding hydrogens is 502 g/mol. The number of carbonyl (C=O) groups excluding carboxylic acids is 2. The van der Waals surface area contributed by atoms with E-state index in [2.05, 4.69) is 0 Å². The van der Waals surface area contributed by atoms with Gasteiger partial charge < -0.3 is 5.32 Å². The Morgan fingerprint density at radius 3 is 2.13 bits per heavy atom. The van der Waals surface area contributed by atoms with Crippen LogP contribution in [0, 0.1) is 11.6 Å². The summed E-state index contributed by atoms with van der Waals surface area (Å²) in [6.07, 6.45) is 0. The Hall–Kier alpha value is -1.95. The fourth-order valence-electron chi connectivity index (χ4n) is 2.03. The van der Waals surface area contributed by atoms with Crippen molar-refractivity contribution in [3.05, 3.63) is 57.6 Å². The molecule has 2 atom stereocenters. The molecule has 3 amide bonds. The summed E-state index contributed by atoms with van der Waals surface area (Å²) in [7, 11) is -3.33. The van der Waals surface area contributed by atoms with Crippen LogP contribution in [0.4, 0.5) is 32.4 Å². The van der Waals surface area contributed by atoms with Crippen molar-refractivity contribution in [2.45, 2.75) is 15.8 Å². The van der Waals surface area contributed by atoms with E-state index in [9.17, 15) is 35.8 Å². The zero-order valence-corrected chi connectivity index (χ0v) is 17.2. The predicted molar refractivity (Wildman–Crippen MR) is 101 cm³/mol. The molecule has 14 heteroatoms. The molecule has 162 valence electrons. The Morgan fingerprint density at radius 2 is 1.60 bits per heavy atom. The number of amides is 3. The fraction of sp³-hybridized carbons (Fsp3) is 0.125. The van der Waals surface area contributed by atoms with Crippen molar-refractivity contribution < 1.29 is 35.8 Å². The third kappa shape index (κ3) is 5.02. The van der Waals surface area contributed by atoms with Crippen molar-refractivity contribution >= 4 is 63.2 Å². The van der Waals surface area contributed by atoms with Gasteiger partial charge >= 0.3 is 11.3 Å². The van der Waals surface area contributed by atoms with Crippen molar-refractivity contribution in [2.75, 3.05) is 5.32 Å². The van der Waals surface area contributed by atoms with Crippen molar-refractivity contribution in [3.8, 4) is 0 Å². The highest BCUT2D eigenvalue weighted by molar-refractivity contribution is 7.86. The van der Waals surface area contributed by atoms with E-state index in [0.29, 0.717) is 0 Å². The van der Waals surface area contributed by atoms with Crippen LogP contribution in [0.1, 0.15) is 10.4 Å². The quantitative estimate of drug-likeness (QED) is 0.415. The van der Waals surface area contributed by atoms with Gasteiger partial charge in [0, 0.05) is 0 Å². The minimum Gasteiger partial charge on any atom is -0.306 e. The number of alkyl halides is 4. The number of imide groups is 1. The van der Waals surface area contributed by atoms with E-state index in [1.54, 1.807) is 5.32 Å². The average molecular weight is 510 g/mol. The highest BCUT2D eigenvalue weighted by atomic mass is 35.5. The van der Waals surface area contributed by atoms with E-state index in [-0.39, 0.29) is 5.69 Å². The third-order valence-electron chi connectivity index (χ3n) is 3.41. The van der Waals surface area contributed by atoms with Crippen LogP contribution in [0.15, 0.2) is 35.2 Å². The molecule has 0 saturated carbocycles. The first-order valence-electron chi connectivity index (χ1n) is 7.50. The van der Waals surface area contributed by atoms with Gasteiger partial charge in [-0.2, -0.15) is 8.78 Å². The molecule has 0 saturated heterocycles. The molecule has 0 heterocycles. The van der Waals surface area contributed by atoms with Gasteiger partial charge in [0.15, 0.2) is 0 Å². The molecule has 2 aromatic rings. The summed E-state index contributed by atoms with van der Waals surface area (Å²) in [6, 6.07) is 2.93. The van der Waals surface area contributed by atoms with Gasteiger partial charge in [0.25, 0.3) is 5.91 Å². The number of hydrogen-bond donors (Lipinski definition) is 2. The molecule has 0 aliphatic rings. The van der Waals surface area contributed by atoms with Crippen LogP contribution in [-0.4, -0.2) is 27.0 Å². The minimum atomic E-state index is -4.49. The van der Waals surface area contributed by atoms with Gasteiger partial charge in [0.1, 0.15) is 28.0 Å². The molecule has 0 aliphatic carbocycles. The van der Waals surface area contributed by atoms with Crippen molar-refractivity contribution in [1.82, 2.24) is 5.32 Å². The molecule has 2 aromatic carbocycles. The zero-order chi connectivity index (χ0) is 22.8. The monoisotopic (exact) mass is 508 g/mol. The first kappa shape index (κ1) is 24.3. The van der Waals surface area contributed by atoms with Crippen LogP contribution in [0.25, 0.3) is 0 Å². The molecular formula is C16H8Cl3F5N2O3S. The molecule has 2 N–H and O–H groups in total. The molecule has 0 aromatic heterocycles. The highest BCUT2D eigenvalue weighted by Crippen LogP contribution is 2.40. The van der Waals surface area contributed by atoms with Gasteiger partial charge in [-0.3, -0.25) is 10.1 Å². The maximum atomic E-state index is 13.6. The number of hydrogen-bond acceptors (Lipinski definition) is 3. The van der Waals surface area contributed by atoms with Crippen molar-refractivity contribution in [3.63, 3.8) is 0 Å². The summed E-state index contributed by atoms with van der Waals surface area (Å²) >= 11 is 16.3. The SMILES string of the molecule is O=C(NC(=O)c1c(F)cccc1F)Nc1ccc(S(=O)C(F)(F)C(F)Cl)c(Cl)c1Cl. The third-order valence-corrected chi connectivity index (χ3v) is 6.25. The lowest BCUT2D eigenvalue weighted by molar-refractivity contribution is 0.0479. The molecule has 0 aliphatic heterocycles. The molecule has 0 bridgehead atoms. The Balaban J connectivity index is 2.22. The summed E-state index contributed by atoms with van der Waals surface area (Å²) in [6.45, 7) is 0. The molecule has 2 rings (SSSR count). The lowest BCUT2D eigenvalue weighted by Crippen LogP contribution is -2.35. The molecule has 30 heavy (non-hydrogen) atoms. The van der Waals surface area contributed by atoms with Crippen LogP contribution in [-0.2, 0) is 10.8 Å². The van der Waals surface area contributed by atoms with E-state index < -0.39 is 65.8 Å². The largest absolute Gasteiger partial charge is 0.369 e. The predicted octanol–water partition coefficient (Wildman–Crippen LogP) is 5.47. The van der Waals surface area contributed by atoms with Crippen LogP contribution < -0.4 is 10.6 Å². The Labute approximate surface area is 182 Å². The minimum absolute atomic E-state index is 0.340. The van der Waals surface area contributed by atoms with Gasteiger partial charge in [-0.25, -0.2) is 22.2 Å². The van der Waals surface area contributed by atoms with Crippen molar-refractivity contribution in [2.24, 2.45) is 0 Å². The van der Waals surface area contributed by atoms with E-state index in [1.165, 1.54) is 0 Å². The summed E-state index contributed by atoms with van der Waals surface area (Å²) in [5, 5.41) is -2.15. The summed E-state index contributed by atoms with van der Waals surface area (Å²) in [5.41, 5.74) is -4.64. The van der Waals surface area contributed by atoms with E-state index >= 15 is 0 Å². The average Bonchev–Trinajstić information content (AvgIpc) is 2.64. The molecule has 0 radical (unpaired) electrons. The topological polar surface area (TPSA) is 75.3 Å². The van der Waals surface area contributed by atoms with Gasteiger partial charge in [-0.1, -0.05) is 40.9 Å². The zero-order valence-electron chi connectivity index (χ0n) is 14.1. The fourth-order valence-corrected chi connectivity index (χ4v) is 3.83. The van der Waals surface area contributed by atoms with Crippen LogP contribution in [0.5, 0.6) is 0 Å². The van der Waals surface area contributed by atoms with Gasteiger partial charge in [-0.05, 0) is 24.3 Å². The second-order valence-corrected chi connectivity index (χ2v) is 8.04. The second-order valence-electron chi connectivity index (χ2n) is 5.38. The summed E-state index contributed by atoms with van der Waals surface area (Å²) < 4.78 is 78.9. The number of anilines is 1. The van der Waals surface area contributed by atoms with Gasteiger partial charge in [0.2, 0.25) is 5.63 Å². The first-order chi connectivity index (χ1) is 13.9. The number of halogens is 8. The number of rotatable bonds is 5. The summed E-state index contributed by atoms with van der Waals surface area (Å²) in [4.78, 5) is 23.0. The number of benzene rings is 2. The van der Waals surface area contributed by atoms with E-state index in [0.717, 1.165) is 30.3 Å². The molecule has 5 nitrogen and oxygen atoms in total. The maximum Gasteiger partial charge on any atom is 0.369 e. The lowest BCUT2D eigenvalue weighted by atomic mass is 10.2. The smallest absolute Gasteiger partial charge is 0.306 e. The molecule has 2 unspecified atom stereocenters. The van der Waals surface area contributed by atoms with Crippen LogP contribution in [0.3, 0.4) is 0 Å². The standard InChI is InChI=1S/C16H8Cl3F5N2O3S/c17-11-8(4-5-9(12(11)18)30(29)16(23,24)14(19)22)25-15(28)26-13(27)10-6(20)2-1-3-7(10)21/h1-5,14H,(H2,25,26,27,28). The Kier molecular flexibility index (Phi) is 7.67. The number of nitrogens with one attached hydrogen (secondary N) is 2.